The average Bonchev–Trinajstić information content (AvgIpc) is 2.18. The number of rotatable bonds is 14. The van der Waals surface area contributed by atoms with Crippen LogP contribution in [-0.2, 0) is 0 Å². The molecule has 0 radical (unpaired) electrons. The van der Waals surface area contributed by atoms with Gasteiger partial charge in [-0.15, -0.1) is 0 Å². The normalized spacial score (nSPS) is 11.3. The lowest BCUT2D eigenvalue weighted by molar-refractivity contribution is 1.14. The van der Waals surface area contributed by atoms with Crippen LogP contribution in [0, 0.1) is 0 Å². The summed E-state index contributed by atoms with van der Waals surface area (Å²) >= 11 is 0. The van der Waals surface area contributed by atoms with Gasteiger partial charge in [-0.25, -0.2) is 0 Å². The van der Waals surface area contributed by atoms with Crippen molar-refractivity contribution >= 4 is 112 Å². The van der Waals surface area contributed by atoms with E-state index < -0.39 is 0 Å². The number of para-hydroxylation sites is 8. The van der Waals surface area contributed by atoms with Gasteiger partial charge in [-0.2, -0.15) is 0 Å². The molecule has 0 aliphatic rings. The molecule has 0 amide bonds. The number of benzene rings is 13. The van der Waals surface area contributed by atoms with Crippen molar-refractivity contribution in [1.29, 1.82) is 0 Å². The van der Waals surface area contributed by atoms with Crippen LogP contribution in [-0.4, -0.2) is 9.13 Å². The van der Waals surface area contributed by atoms with Gasteiger partial charge >= 0.3 is 0 Å². The smallest absolute Gasteiger partial charge is 0.0542 e. The highest BCUT2D eigenvalue weighted by molar-refractivity contribution is 6.14. The molecule has 2 aromatic heterocycles. The van der Waals surface area contributed by atoms with Crippen LogP contribution in [0.2, 0.25) is 0 Å². The molecular weight excluding hydrogens is 1020 g/mol. The third-order valence-electron chi connectivity index (χ3n) is 16.0. The first kappa shape index (κ1) is 49.7. The summed E-state index contributed by atoms with van der Waals surface area (Å²) in [6, 6.07) is 122. The maximum absolute atomic E-state index is 2.43. The molecule has 6 nitrogen and oxygen atoms in total. The van der Waals surface area contributed by atoms with Gasteiger partial charge in [0.05, 0.1) is 22.1 Å². The van der Waals surface area contributed by atoms with Crippen molar-refractivity contribution < 1.29 is 0 Å². The Morgan fingerprint density at radius 1 is 0.155 bits per heavy atom. The van der Waals surface area contributed by atoms with E-state index >= 15 is 0 Å². The van der Waals surface area contributed by atoms with Crippen molar-refractivity contribution in [3.8, 4) is 11.4 Å². The van der Waals surface area contributed by atoms with Gasteiger partial charge in [0.1, 0.15) is 0 Å². The fraction of sp³-hybridized carbons (Fsp3) is 0. The van der Waals surface area contributed by atoms with Gasteiger partial charge in [-0.3, -0.25) is 0 Å². The zero-order chi connectivity index (χ0) is 55.8. The van der Waals surface area contributed by atoms with E-state index in [1.165, 1.54) is 0 Å². The van der Waals surface area contributed by atoms with Crippen LogP contribution in [0.15, 0.2) is 340 Å². The lowest BCUT2D eigenvalue weighted by atomic mass is 10.1. The van der Waals surface area contributed by atoms with Crippen molar-refractivity contribution in [3.05, 3.63) is 340 Å². The Labute approximate surface area is 489 Å². The Bertz CT molecular complexity index is 4000. The summed E-state index contributed by atoms with van der Waals surface area (Å²) in [7, 11) is 0. The third kappa shape index (κ3) is 9.05. The molecule has 0 aliphatic heterocycles. The van der Waals surface area contributed by atoms with Crippen LogP contribution in [0.5, 0.6) is 0 Å². The lowest BCUT2D eigenvalue weighted by Crippen LogP contribution is -2.09. The van der Waals surface area contributed by atoms with Crippen molar-refractivity contribution in [1.82, 2.24) is 9.13 Å². The minimum Gasteiger partial charge on any atom is -0.310 e. The topological polar surface area (TPSA) is 22.8 Å². The number of anilines is 12. The van der Waals surface area contributed by atoms with E-state index in [9.17, 15) is 0 Å². The highest BCUT2D eigenvalue weighted by atomic mass is 15.2. The quantitative estimate of drug-likeness (QED) is 0.108. The molecule has 0 spiro atoms. The molecule has 15 rings (SSSR count). The monoisotopic (exact) mass is 1080 g/mol. The number of hydrogen-bond donors (Lipinski definition) is 0. The largest absolute Gasteiger partial charge is 0.310 e. The van der Waals surface area contributed by atoms with E-state index in [4.69, 9.17) is 0 Å². The first-order valence-electron chi connectivity index (χ1n) is 28.6. The van der Waals surface area contributed by atoms with Gasteiger partial charge < -0.3 is 28.7 Å². The van der Waals surface area contributed by atoms with Crippen LogP contribution in [0.25, 0.3) is 55.0 Å². The molecule has 0 unspecified atom stereocenters. The lowest BCUT2D eigenvalue weighted by Gasteiger charge is -2.26. The standard InChI is InChI=1S/C78H56N6/c1-9-25-57(26-10-1)79(58-27-11-2-12-28-58)67-45-49-75-71(53-67)72-54-68(80(59-29-13-3-14-30-59)60-31-15-4-16-32-60)46-50-76(72)83(75)65-41-43-66(44-42-65)84-77-51-47-69(81(61-33-17-5-18-34-61)62-35-19-6-20-36-62)55-73(77)74-56-70(48-52-78(74)84)82(63-37-21-7-22-38-63)64-39-23-8-24-40-64/h1-56H. The van der Waals surface area contributed by atoms with E-state index in [0.29, 0.717) is 0 Å². The molecule has 0 atom stereocenters. The van der Waals surface area contributed by atoms with Gasteiger partial charge in [0.2, 0.25) is 0 Å². The number of aromatic nitrogens is 2. The molecule has 398 valence electrons. The van der Waals surface area contributed by atoms with Crippen molar-refractivity contribution in [3.63, 3.8) is 0 Å². The number of hydrogen-bond acceptors (Lipinski definition) is 4. The van der Waals surface area contributed by atoms with Gasteiger partial charge in [0, 0.05) is 101 Å². The third-order valence-corrected chi connectivity index (χ3v) is 16.0. The zero-order valence-corrected chi connectivity index (χ0v) is 46.0. The van der Waals surface area contributed by atoms with Crippen LogP contribution in [0.1, 0.15) is 0 Å². The predicted molar refractivity (Wildman–Crippen MR) is 354 cm³/mol. The summed E-state index contributed by atoms with van der Waals surface area (Å²) in [6.07, 6.45) is 0. The van der Waals surface area contributed by atoms with Crippen LogP contribution in [0.3, 0.4) is 0 Å². The second-order valence-electron chi connectivity index (χ2n) is 21.0. The molecule has 0 fully saturated rings. The second kappa shape index (κ2) is 21.6. The van der Waals surface area contributed by atoms with Crippen LogP contribution in [0.4, 0.5) is 68.2 Å². The molecule has 0 bridgehead atoms. The summed E-state index contributed by atoms with van der Waals surface area (Å²) in [5.74, 6) is 0. The molecule has 6 heteroatoms. The molecule has 2 heterocycles. The van der Waals surface area contributed by atoms with E-state index in [1.54, 1.807) is 0 Å². The van der Waals surface area contributed by atoms with Gasteiger partial charge in [-0.05, 0) is 194 Å². The van der Waals surface area contributed by atoms with Crippen molar-refractivity contribution in [2.75, 3.05) is 19.6 Å². The van der Waals surface area contributed by atoms with Crippen molar-refractivity contribution in [2.24, 2.45) is 0 Å². The molecule has 84 heavy (non-hydrogen) atoms. The molecule has 15 aromatic rings. The zero-order valence-electron chi connectivity index (χ0n) is 46.0. The molecule has 0 saturated heterocycles. The average molecular weight is 1080 g/mol. The molecular formula is C78H56N6. The van der Waals surface area contributed by atoms with E-state index in [0.717, 1.165) is 123 Å². The first-order valence-corrected chi connectivity index (χ1v) is 28.6. The molecule has 0 saturated carbocycles. The first-order chi connectivity index (χ1) is 41.7. The molecule has 13 aromatic carbocycles. The van der Waals surface area contributed by atoms with E-state index in [-0.39, 0.29) is 0 Å². The Morgan fingerprint density at radius 2 is 0.321 bits per heavy atom. The summed E-state index contributed by atoms with van der Waals surface area (Å²) in [5.41, 5.74) is 19.6. The summed E-state index contributed by atoms with van der Waals surface area (Å²) in [4.78, 5) is 9.39. The highest BCUT2D eigenvalue weighted by Crippen LogP contribution is 2.46. The Kier molecular flexibility index (Phi) is 12.8. The number of nitrogens with zero attached hydrogens (tertiary/aromatic N) is 6. The fourth-order valence-electron chi connectivity index (χ4n) is 12.3. The van der Waals surface area contributed by atoms with E-state index in [2.05, 4.69) is 368 Å². The number of fused-ring (bicyclic) bond motifs is 6. The van der Waals surface area contributed by atoms with E-state index in [1.807, 2.05) is 0 Å². The highest BCUT2D eigenvalue weighted by Gasteiger charge is 2.23. The second-order valence-corrected chi connectivity index (χ2v) is 21.0. The predicted octanol–water partition coefficient (Wildman–Crippen LogP) is 21.8. The fourth-order valence-corrected chi connectivity index (χ4v) is 12.3. The Balaban J connectivity index is 0.915. The van der Waals surface area contributed by atoms with Gasteiger partial charge in [0.25, 0.3) is 0 Å². The van der Waals surface area contributed by atoms with Gasteiger partial charge in [0.15, 0.2) is 0 Å². The van der Waals surface area contributed by atoms with Crippen LogP contribution >= 0.6 is 0 Å². The van der Waals surface area contributed by atoms with Crippen LogP contribution < -0.4 is 19.6 Å². The Morgan fingerprint density at radius 3 is 0.488 bits per heavy atom. The maximum atomic E-state index is 2.43. The SMILES string of the molecule is c1ccc(N(c2ccccc2)c2ccc3c(c2)c2cc(N(c4ccccc4)c4ccccc4)ccc2n3-c2ccc(-n3c4ccc(N(c5ccccc5)c5ccccc5)cc4c4cc(N(c5ccccc5)c5ccccc5)ccc43)cc2)cc1. The minimum atomic E-state index is 1.07. The van der Waals surface area contributed by atoms with Crippen molar-refractivity contribution in [2.45, 2.75) is 0 Å². The summed E-state index contributed by atoms with van der Waals surface area (Å²) in [6.45, 7) is 0. The Hall–Kier alpha value is -11.3. The molecule has 0 N–H and O–H groups in total. The van der Waals surface area contributed by atoms with Gasteiger partial charge in [-0.1, -0.05) is 146 Å². The summed E-state index contributed by atoms with van der Waals surface area (Å²) < 4.78 is 4.86. The molecule has 0 aliphatic carbocycles. The summed E-state index contributed by atoms with van der Waals surface area (Å²) in [5, 5.41) is 4.61. The maximum Gasteiger partial charge on any atom is 0.0542 e. The minimum absolute atomic E-state index is 1.07.